The number of hydrogen-bond acceptors (Lipinski definition) is 9. The van der Waals surface area contributed by atoms with Gasteiger partial charge >= 0.3 is 0 Å². The van der Waals surface area contributed by atoms with Crippen molar-refractivity contribution in [1.29, 1.82) is 0 Å². The predicted molar refractivity (Wildman–Crippen MR) is 105 cm³/mol. The average molecular weight is 387 g/mol. The molecule has 1 aliphatic rings. The molecule has 0 saturated heterocycles. The highest BCUT2D eigenvalue weighted by Crippen LogP contribution is 2.31. The third-order valence-electron chi connectivity index (χ3n) is 3.99. The fourth-order valence-electron chi connectivity index (χ4n) is 2.62. The Bertz CT molecular complexity index is 935. The van der Waals surface area contributed by atoms with Gasteiger partial charge in [0.2, 0.25) is 0 Å². The Kier molecular flexibility index (Phi) is 4.91. The number of nitrogens with one attached hydrogen (secondary N) is 2. The number of aliphatic imine (C=N–C) groups is 1. The molecule has 0 saturated carbocycles. The van der Waals surface area contributed by atoms with Crippen molar-refractivity contribution < 1.29 is 5.11 Å². The smallest absolute Gasteiger partial charge is 0.197 e. The van der Waals surface area contributed by atoms with Crippen molar-refractivity contribution in [3.63, 3.8) is 0 Å². The van der Waals surface area contributed by atoms with E-state index in [1.165, 1.54) is 22.7 Å². The van der Waals surface area contributed by atoms with Gasteiger partial charge in [-0.2, -0.15) is 0 Å². The Morgan fingerprint density at radius 3 is 2.88 bits per heavy atom. The molecule has 7 nitrogen and oxygen atoms in total. The molecule has 134 valence electrons. The molecule has 9 heteroatoms. The summed E-state index contributed by atoms with van der Waals surface area (Å²) in [6.45, 7) is 3.63. The lowest BCUT2D eigenvalue weighted by molar-refractivity contribution is 0.218. The largest absolute Gasteiger partial charge is 0.381 e. The van der Waals surface area contributed by atoms with Crippen LogP contribution < -0.4 is 10.6 Å². The Morgan fingerprint density at radius 2 is 2.08 bits per heavy atom. The van der Waals surface area contributed by atoms with Crippen LogP contribution in [0.4, 0.5) is 5.13 Å². The van der Waals surface area contributed by atoms with Crippen molar-refractivity contribution in [2.45, 2.75) is 19.4 Å². The third kappa shape index (κ3) is 3.59. The quantitative estimate of drug-likeness (QED) is 0.638. The zero-order chi connectivity index (χ0) is 17.9. The number of aliphatic hydroxyl groups excluding tert-OH is 1. The van der Waals surface area contributed by atoms with Gasteiger partial charge in [0.25, 0.3) is 0 Å². The van der Waals surface area contributed by atoms with Gasteiger partial charge in [0, 0.05) is 41.3 Å². The minimum Gasteiger partial charge on any atom is -0.381 e. The van der Waals surface area contributed by atoms with E-state index in [0.29, 0.717) is 5.01 Å². The SMILES string of the molecule is Cc1ncccc1C(O)c1nc(-c2csc(NC3=NCCCN3)n2)cs1. The molecule has 0 bridgehead atoms. The van der Waals surface area contributed by atoms with Gasteiger partial charge in [-0.05, 0) is 19.4 Å². The summed E-state index contributed by atoms with van der Waals surface area (Å²) in [4.78, 5) is 17.8. The molecule has 3 aromatic rings. The van der Waals surface area contributed by atoms with Crippen LogP contribution in [0.3, 0.4) is 0 Å². The molecule has 1 unspecified atom stereocenters. The van der Waals surface area contributed by atoms with Crippen molar-refractivity contribution >= 4 is 33.8 Å². The summed E-state index contributed by atoms with van der Waals surface area (Å²) in [6, 6.07) is 3.69. The van der Waals surface area contributed by atoms with Crippen molar-refractivity contribution in [3.05, 3.63) is 45.4 Å². The van der Waals surface area contributed by atoms with Gasteiger partial charge in [0.1, 0.15) is 22.5 Å². The Hall–Kier alpha value is -2.36. The number of aryl methyl sites for hydroxylation is 1. The van der Waals surface area contributed by atoms with Crippen LogP contribution in [0, 0.1) is 6.92 Å². The van der Waals surface area contributed by atoms with Crippen LogP contribution in [0.1, 0.15) is 28.8 Å². The first kappa shape index (κ1) is 17.1. The van der Waals surface area contributed by atoms with Crippen LogP contribution in [0.15, 0.2) is 34.1 Å². The van der Waals surface area contributed by atoms with E-state index in [1.807, 2.05) is 29.8 Å². The number of thiazole rings is 2. The number of aliphatic hydroxyl groups is 1. The zero-order valence-electron chi connectivity index (χ0n) is 14.1. The number of guanidine groups is 1. The molecule has 4 heterocycles. The van der Waals surface area contributed by atoms with E-state index in [4.69, 9.17) is 0 Å². The second-order valence-corrected chi connectivity index (χ2v) is 7.57. The molecule has 0 amide bonds. The van der Waals surface area contributed by atoms with Crippen LogP contribution in [0.5, 0.6) is 0 Å². The summed E-state index contributed by atoms with van der Waals surface area (Å²) in [5, 5.41) is 22.3. The highest BCUT2D eigenvalue weighted by atomic mass is 32.1. The lowest BCUT2D eigenvalue weighted by atomic mass is 10.1. The monoisotopic (exact) mass is 386 g/mol. The third-order valence-corrected chi connectivity index (χ3v) is 5.64. The molecule has 1 atom stereocenters. The van der Waals surface area contributed by atoms with Crippen LogP contribution in [0.25, 0.3) is 11.4 Å². The van der Waals surface area contributed by atoms with Crippen LogP contribution >= 0.6 is 22.7 Å². The summed E-state index contributed by atoms with van der Waals surface area (Å²) < 4.78 is 0. The van der Waals surface area contributed by atoms with Crippen molar-refractivity contribution in [3.8, 4) is 11.4 Å². The predicted octanol–water partition coefficient (Wildman–Crippen LogP) is 2.81. The highest BCUT2D eigenvalue weighted by Gasteiger charge is 2.18. The van der Waals surface area contributed by atoms with Gasteiger partial charge in [0.15, 0.2) is 11.1 Å². The van der Waals surface area contributed by atoms with Crippen LogP contribution in [-0.4, -0.2) is 39.1 Å². The van der Waals surface area contributed by atoms with Crippen LogP contribution in [0.2, 0.25) is 0 Å². The lowest BCUT2D eigenvalue weighted by Crippen LogP contribution is -2.35. The van der Waals surface area contributed by atoms with Crippen molar-refractivity contribution in [2.24, 2.45) is 4.99 Å². The Morgan fingerprint density at radius 1 is 1.23 bits per heavy atom. The maximum Gasteiger partial charge on any atom is 0.197 e. The molecule has 4 rings (SSSR count). The number of pyridine rings is 1. The second kappa shape index (κ2) is 7.48. The summed E-state index contributed by atoms with van der Waals surface area (Å²) in [7, 11) is 0. The molecular formula is C17H18N6OS2. The first-order valence-corrected chi connectivity index (χ1v) is 10.0. The number of anilines is 1. The van der Waals surface area contributed by atoms with E-state index in [1.54, 1.807) is 6.20 Å². The maximum absolute atomic E-state index is 10.6. The number of nitrogens with zero attached hydrogens (tertiary/aromatic N) is 4. The summed E-state index contributed by atoms with van der Waals surface area (Å²) in [5.74, 6) is 0.763. The van der Waals surface area contributed by atoms with E-state index >= 15 is 0 Å². The molecule has 3 N–H and O–H groups in total. The van der Waals surface area contributed by atoms with Crippen molar-refractivity contribution in [1.82, 2.24) is 20.3 Å². The van der Waals surface area contributed by atoms with Crippen LogP contribution in [-0.2, 0) is 0 Å². The van der Waals surface area contributed by atoms with Gasteiger partial charge in [-0.3, -0.25) is 9.98 Å². The van der Waals surface area contributed by atoms with Gasteiger partial charge in [-0.15, -0.1) is 22.7 Å². The fraction of sp³-hybridized carbons (Fsp3) is 0.294. The molecule has 0 aliphatic carbocycles. The van der Waals surface area contributed by atoms with E-state index in [0.717, 1.165) is 53.2 Å². The van der Waals surface area contributed by atoms with E-state index in [-0.39, 0.29) is 0 Å². The number of aromatic nitrogens is 3. The number of rotatable bonds is 4. The maximum atomic E-state index is 10.6. The average Bonchev–Trinajstić information content (AvgIpc) is 3.32. The highest BCUT2D eigenvalue weighted by molar-refractivity contribution is 7.14. The minimum atomic E-state index is -0.778. The number of hydrogen-bond donors (Lipinski definition) is 3. The topological polar surface area (TPSA) is 95.3 Å². The molecule has 1 aliphatic heterocycles. The minimum absolute atomic E-state index is 0.636. The molecule has 0 spiro atoms. The lowest BCUT2D eigenvalue weighted by Gasteiger charge is -2.14. The van der Waals surface area contributed by atoms with Gasteiger partial charge in [-0.1, -0.05) is 6.07 Å². The molecule has 26 heavy (non-hydrogen) atoms. The normalized spacial score (nSPS) is 15.2. The first-order chi connectivity index (χ1) is 12.7. The first-order valence-electron chi connectivity index (χ1n) is 8.27. The molecule has 0 aromatic carbocycles. The second-order valence-electron chi connectivity index (χ2n) is 5.83. The zero-order valence-corrected chi connectivity index (χ0v) is 15.8. The molecule has 0 radical (unpaired) electrons. The molecule has 3 aromatic heterocycles. The Balaban J connectivity index is 1.51. The summed E-state index contributed by atoms with van der Waals surface area (Å²) in [5.41, 5.74) is 3.12. The van der Waals surface area contributed by atoms with Gasteiger partial charge < -0.3 is 15.7 Å². The standard InChI is InChI=1S/C17H18N6OS2/c1-10-11(4-2-5-18-10)14(24)15-21-12(8-25-15)13-9-26-17(22-13)23-16-19-6-3-7-20-16/h2,4-5,8-9,14,24H,3,6-7H2,1H3,(H2,19,20,22,23). The van der Waals surface area contributed by atoms with E-state index in [2.05, 4.69) is 30.6 Å². The van der Waals surface area contributed by atoms with Gasteiger partial charge in [0.05, 0.1) is 0 Å². The molecule has 0 fully saturated rings. The van der Waals surface area contributed by atoms with E-state index < -0.39 is 6.10 Å². The van der Waals surface area contributed by atoms with Crippen molar-refractivity contribution in [2.75, 3.05) is 18.4 Å². The summed E-state index contributed by atoms with van der Waals surface area (Å²) >= 11 is 2.92. The fourth-order valence-corrected chi connectivity index (χ4v) is 4.13. The Labute approximate surface area is 158 Å². The summed E-state index contributed by atoms with van der Waals surface area (Å²) in [6.07, 6.45) is 1.99. The van der Waals surface area contributed by atoms with E-state index in [9.17, 15) is 5.11 Å². The molecular weight excluding hydrogens is 368 g/mol. The van der Waals surface area contributed by atoms with Gasteiger partial charge in [-0.25, -0.2) is 9.97 Å².